The zero-order valence-corrected chi connectivity index (χ0v) is 25.2. The first-order chi connectivity index (χ1) is 17.6. The fourth-order valence-corrected chi connectivity index (χ4v) is 11.6. The number of carbonyl (C=O) groups is 2. The quantitative estimate of drug-likeness (QED) is 0.484. The van der Waals surface area contributed by atoms with E-state index in [1.807, 2.05) is 37.8 Å². The van der Waals surface area contributed by atoms with Crippen molar-refractivity contribution in [1.82, 2.24) is 0 Å². The SMILES string of the molecule is CC1([Si](C)(C)c2ccccc2)CCC2C3=C(C(=O)C4C(O)=CC=CC4C3=O)C(O[Si](C)(C)C)C(O)C2(O)C1. The molecule has 204 valence electrons. The fraction of sp³-hybridized carbons (Fsp3) is 0.533. The minimum Gasteiger partial charge on any atom is -0.512 e. The van der Waals surface area contributed by atoms with E-state index in [1.165, 1.54) is 11.3 Å². The van der Waals surface area contributed by atoms with Gasteiger partial charge in [-0.05, 0) is 50.0 Å². The largest absolute Gasteiger partial charge is 0.512 e. The number of hydrogen-bond donors (Lipinski definition) is 3. The van der Waals surface area contributed by atoms with Crippen molar-refractivity contribution < 1.29 is 29.3 Å². The molecule has 1 aromatic carbocycles. The summed E-state index contributed by atoms with van der Waals surface area (Å²) in [5.74, 6) is -3.24. The molecule has 8 heteroatoms. The monoisotopic (exact) mass is 552 g/mol. The van der Waals surface area contributed by atoms with E-state index in [1.54, 1.807) is 12.2 Å². The lowest BCUT2D eigenvalue weighted by Crippen LogP contribution is -2.68. The molecule has 38 heavy (non-hydrogen) atoms. The summed E-state index contributed by atoms with van der Waals surface area (Å²) in [7, 11) is -4.50. The number of aliphatic hydroxyl groups excluding tert-OH is 2. The molecule has 3 N–H and O–H groups in total. The minimum absolute atomic E-state index is 0.142. The van der Waals surface area contributed by atoms with Crippen molar-refractivity contribution in [2.24, 2.45) is 17.8 Å². The number of rotatable bonds is 4. The second-order valence-corrected chi connectivity index (χ2v) is 22.9. The maximum Gasteiger partial charge on any atom is 0.184 e. The van der Waals surface area contributed by atoms with Crippen LogP contribution in [-0.2, 0) is 14.0 Å². The molecule has 0 spiro atoms. The topological polar surface area (TPSA) is 104 Å². The molecule has 5 rings (SSSR count). The highest BCUT2D eigenvalue weighted by Crippen LogP contribution is 2.61. The van der Waals surface area contributed by atoms with E-state index in [-0.39, 0.29) is 27.9 Å². The predicted molar refractivity (Wildman–Crippen MR) is 152 cm³/mol. The van der Waals surface area contributed by atoms with Crippen LogP contribution in [-0.4, -0.2) is 61.1 Å². The van der Waals surface area contributed by atoms with Crippen LogP contribution in [0.1, 0.15) is 26.2 Å². The Labute approximate surface area is 227 Å². The molecule has 7 atom stereocenters. The summed E-state index contributed by atoms with van der Waals surface area (Å²) >= 11 is 0. The number of fused-ring (bicyclic) bond motifs is 3. The van der Waals surface area contributed by atoms with E-state index in [0.29, 0.717) is 18.4 Å². The lowest BCUT2D eigenvalue weighted by Gasteiger charge is -2.59. The van der Waals surface area contributed by atoms with E-state index in [4.69, 9.17) is 4.43 Å². The maximum atomic E-state index is 14.1. The van der Waals surface area contributed by atoms with Crippen molar-refractivity contribution in [3.05, 3.63) is 65.5 Å². The molecule has 0 amide bonds. The molecule has 1 fully saturated rings. The highest BCUT2D eigenvalue weighted by molar-refractivity contribution is 6.92. The number of hydrogen-bond acceptors (Lipinski definition) is 6. The van der Waals surface area contributed by atoms with Gasteiger partial charge in [0, 0.05) is 17.1 Å². The van der Waals surface area contributed by atoms with Crippen molar-refractivity contribution in [2.75, 3.05) is 0 Å². The number of allylic oxidation sites excluding steroid dienone is 4. The van der Waals surface area contributed by atoms with Gasteiger partial charge in [0.25, 0.3) is 0 Å². The van der Waals surface area contributed by atoms with Crippen LogP contribution in [0.2, 0.25) is 37.8 Å². The van der Waals surface area contributed by atoms with Gasteiger partial charge in [-0.15, -0.1) is 0 Å². The number of Topliss-reactive ketones (excluding diaryl/α,β-unsaturated/α-hetero) is 2. The summed E-state index contributed by atoms with van der Waals surface area (Å²) in [4.78, 5) is 28.0. The molecular formula is C30H40O6Si2. The summed E-state index contributed by atoms with van der Waals surface area (Å²) in [6.45, 7) is 12.7. The summed E-state index contributed by atoms with van der Waals surface area (Å²) in [6.07, 6.45) is 3.84. The zero-order chi connectivity index (χ0) is 27.8. The Morgan fingerprint density at radius 1 is 1.00 bits per heavy atom. The Kier molecular flexibility index (Phi) is 6.47. The molecule has 4 aliphatic carbocycles. The van der Waals surface area contributed by atoms with E-state index in [0.717, 1.165) is 6.42 Å². The first-order valence-electron chi connectivity index (χ1n) is 13.7. The van der Waals surface area contributed by atoms with Crippen molar-refractivity contribution in [2.45, 2.75) is 81.8 Å². The second-order valence-electron chi connectivity index (χ2n) is 13.4. The van der Waals surface area contributed by atoms with Gasteiger partial charge < -0.3 is 19.7 Å². The molecular weight excluding hydrogens is 512 g/mol. The number of aliphatic hydroxyl groups is 3. The molecule has 4 aliphatic rings. The Morgan fingerprint density at radius 2 is 1.66 bits per heavy atom. The second kappa shape index (κ2) is 8.96. The third-order valence-electron chi connectivity index (χ3n) is 9.85. The van der Waals surface area contributed by atoms with E-state index >= 15 is 0 Å². The molecule has 0 radical (unpaired) electrons. The highest BCUT2D eigenvalue weighted by atomic mass is 28.4. The van der Waals surface area contributed by atoms with E-state index in [9.17, 15) is 24.9 Å². The van der Waals surface area contributed by atoms with Gasteiger partial charge in [0.2, 0.25) is 0 Å². The molecule has 1 saturated carbocycles. The Balaban J connectivity index is 1.65. The van der Waals surface area contributed by atoms with Crippen LogP contribution in [0.4, 0.5) is 0 Å². The molecule has 0 heterocycles. The Bertz CT molecular complexity index is 1260. The van der Waals surface area contributed by atoms with Crippen LogP contribution < -0.4 is 5.19 Å². The fourth-order valence-electron chi connectivity index (χ4n) is 7.39. The molecule has 1 aromatic rings. The number of ketones is 2. The number of carbonyl (C=O) groups excluding carboxylic acids is 2. The first kappa shape index (κ1) is 27.5. The maximum absolute atomic E-state index is 14.1. The van der Waals surface area contributed by atoms with Crippen LogP contribution in [0.15, 0.2) is 65.5 Å². The molecule has 6 nitrogen and oxygen atoms in total. The van der Waals surface area contributed by atoms with Crippen LogP contribution in [0.3, 0.4) is 0 Å². The van der Waals surface area contributed by atoms with Crippen molar-refractivity contribution in [1.29, 1.82) is 0 Å². The lowest BCUT2D eigenvalue weighted by atomic mass is 9.55. The van der Waals surface area contributed by atoms with Crippen LogP contribution in [0, 0.1) is 17.8 Å². The van der Waals surface area contributed by atoms with Crippen LogP contribution in [0.25, 0.3) is 0 Å². The molecule has 0 aromatic heterocycles. The third kappa shape index (κ3) is 3.99. The standard InChI is InChI=1S/C30H40O6Si2/c1-29(38(5,6)18-11-8-7-9-12-18)16-15-20-23-24(26(33)22-19(25(23)32)13-10-14-21(22)31)27(36-37(2,3)4)28(34)30(20,35)17-29/h7-14,19-20,22,27-28,31,34-35H,15-17H2,1-6H3. The average Bonchev–Trinajstić information content (AvgIpc) is 2.84. The summed E-state index contributed by atoms with van der Waals surface area (Å²) in [5, 5.41) is 36.0. The first-order valence-corrected chi connectivity index (χ1v) is 20.1. The minimum atomic E-state index is -2.34. The van der Waals surface area contributed by atoms with Crippen LogP contribution in [0.5, 0.6) is 0 Å². The average molecular weight is 553 g/mol. The molecule has 0 bridgehead atoms. The zero-order valence-electron chi connectivity index (χ0n) is 23.2. The van der Waals surface area contributed by atoms with Crippen LogP contribution >= 0.6 is 0 Å². The number of benzene rings is 1. The van der Waals surface area contributed by atoms with Gasteiger partial charge in [0.1, 0.15) is 23.6 Å². The Hall–Kier alpha value is -2.11. The van der Waals surface area contributed by atoms with Gasteiger partial charge >= 0.3 is 0 Å². The summed E-state index contributed by atoms with van der Waals surface area (Å²) in [6, 6.07) is 10.4. The van der Waals surface area contributed by atoms with Gasteiger partial charge in [-0.1, -0.05) is 67.7 Å². The third-order valence-corrected chi connectivity index (χ3v) is 16.0. The highest BCUT2D eigenvalue weighted by Gasteiger charge is 2.65. The smallest absolute Gasteiger partial charge is 0.184 e. The normalized spacial score (nSPS) is 37.4. The lowest BCUT2D eigenvalue weighted by molar-refractivity contribution is -0.172. The van der Waals surface area contributed by atoms with Gasteiger partial charge in [-0.3, -0.25) is 9.59 Å². The van der Waals surface area contributed by atoms with Gasteiger partial charge in [0.05, 0.1) is 19.9 Å². The predicted octanol–water partition coefficient (Wildman–Crippen LogP) is 4.18. The van der Waals surface area contributed by atoms with Crippen molar-refractivity contribution in [3.8, 4) is 0 Å². The van der Waals surface area contributed by atoms with E-state index in [2.05, 4.69) is 32.2 Å². The van der Waals surface area contributed by atoms with Gasteiger partial charge in [-0.25, -0.2) is 0 Å². The van der Waals surface area contributed by atoms with Gasteiger partial charge in [-0.2, -0.15) is 0 Å². The van der Waals surface area contributed by atoms with Crippen molar-refractivity contribution >= 4 is 33.1 Å². The van der Waals surface area contributed by atoms with E-state index < -0.39 is 52.0 Å². The molecule has 0 saturated heterocycles. The molecule has 7 unspecified atom stereocenters. The van der Waals surface area contributed by atoms with Crippen molar-refractivity contribution in [3.63, 3.8) is 0 Å². The summed E-state index contributed by atoms with van der Waals surface area (Å²) < 4.78 is 6.44. The molecule has 0 aliphatic heterocycles. The van der Waals surface area contributed by atoms with Gasteiger partial charge in [0.15, 0.2) is 19.9 Å². The Morgan fingerprint density at radius 3 is 2.29 bits per heavy atom. The summed E-state index contributed by atoms with van der Waals surface area (Å²) in [5.41, 5.74) is -1.14.